The summed E-state index contributed by atoms with van der Waals surface area (Å²) in [5.74, 6) is 0. The van der Waals surface area contributed by atoms with Crippen LogP contribution in [0.1, 0.15) is 37.3 Å². The molecule has 0 spiro atoms. The van der Waals surface area contributed by atoms with Gasteiger partial charge in [-0.25, -0.2) is 0 Å². The third-order valence-corrected chi connectivity index (χ3v) is 4.27. The first-order chi connectivity index (χ1) is 8.61. The van der Waals surface area contributed by atoms with Crippen LogP contribution in [-0.4, -0.2) is 22.5 Å². The summed E-state index contributed by atoms with van der Waals surface area (Å²) in [6.07, 6.45) is 3.81. The Bertz CT molecular complexity index is 447. The maximum absolute atomic E-state index is 6.30. The molecule has 1 aromatic carbocycles. The largest absolute Gasteiger partial charge is 0.389 e. The molecule has 18 heavy (non-hydrogen) atoms. The second kappa shape index (κ2) is 6.00. The zero-order chi connectivity index (χ0) is 13.1. The number of halogens is 1. The Kier molecular flexibility index (Phi) is 4.60. The highest BCUT2D eigenvalue weighted by atomic mass is 35.5. The summed E-state index contributed by atoms with van der Waals surface area (Å²) in [5, 5.41) is 0.766. The van der Waals surface area contributed by atoms with E-state index in [1.807, 2.05) is 18.2 Å². The molecule has 0 saturated carbocycles. The summed E-state index contributed by atoms with van der Waals surface area (Å²) in [5.41, 5.74) is 7.61. The first-order valence-electron chi connectivity index (χ1n) is 6.44. The Hall–Kier alpha value is -0.640. The molecule has 1 aliphatic heterocycles. The molecular formula is C14H19ClN2S. The molecule has 0 aromatic heterocycles. The minimum Gasteiger partial charge on any atom is -0.389 e. The maximum atomic E-state index is 6.30. The molecule has 98 valence electrons. The Morgan fingerprint density at radius 2 is 2.33 bits per heavy atom. The second-order valence-corrected chi connectivity index (χ2v) is 5.69. The van der Waals surface area contributed by atoms with Crippen LogP contribution in [0.5, 0.6) is 0 Å². The van der Waals surface area contributed by atoms with Crippen molar-refractivity contribution in [1.29, 1.82) is 0 Å². The van der Waals surface area contributed by atoms with Crippen LogP contribution in [0.2, 0.25) is 5.02 Å². The van der Waals surface area contributed by atoms with Gasteiger partial charge in [-0.05, 0) is 37.4 Å². The van der Waals surface area contributed by atoms with Crippen LogP contribution in [0, 0.1) is 0 Å². The molecule has 2 nitrogen and oxygen atoms in total. The van der Waals surface area contributed by atoms with Gasteiger partial charge in [0.25, 0.3) is 0 Å². The van der Waals surface area contributed by atoms with Gasteiger partial charge >= 0.3 is 0 Å². The van der Waals surface area contributed by atoms with Crippen LogP contribution in [0.4, 0.5) is 0 Å². The molecule has 0 amide bonds. The van der Waals surface area contributed by atoms with Crippen LogP contribution in [-0.2, 0) is 6.54 Å². The number of nitrogens with two attached hydrogens (primary N) is 1. The number of nitrogens with zero attached hydrogens (tertiary/aromatic N) is 1. The molecule has 1 heterocycles. The van der Waals surface area contributed by atoms with Gasteiger partial charge in [0, 0.05) is 23.2 Å². The van der Waals surface area contributed by atoms with Crippen molar-refractivity contribution in [3.05, 3.63) is 34.3 Å². The van der Waals surface area contributed by atoms with Gasteiger partial charge in [0.2, 0.25) is 0 Å². The summed E-state index contributed by atoms with van der Waals surface area (Å²) in [7, 11) is 0. The quantitative estimate of drug-likeness (QED) is 0.859. The molecule has 0 aliphatic carbocycles. The van der Waals surface area contributed by atoms with Crippen LogP contribution < -0.4 is 5.73 Å². The van der Waals surface area contributed by atoms with Crippen molar-refractivity contribution in [1.82, 2.24) is 4.90 Å². The van der Waals surface area contributed by atoms with E-state index in [2.05, 4.69) is 11.8 Å². The van der Waals surface area contributed by atoms with Crippen molar-refractivity contribution >= 4 is 28.8 Å². The summed E-state index contributed by atoms with van der Waals surface area (Å²) >= 11 is 11.3. The van der Waals surface area contributed by atoms with Gasteiger partial charge in [-0.3, -0.25) is 4.90 Å². The van der Waals surface area contributed by atoms with E-state index in [0.717, 1.165) is 22.7 Å². The molecule has 0 bridgehead atoms. The van der Waals surface area contributed by atoms with E-state index < -0.39 is 0 Å². The number of thiocarbonyl (C=S) groups is 1. The highest BCUT2D eigenvalue weighted by Gasteiger charge is 2.23. The molecule has 1 aromatic rings. The van der Waals surface area contributed by atoms with Gasteiger partial charge in [0.05, 0.1) is 0 Å². The van der Waals surface area contributed by atoms with Gasteiger partial charge in [-0.1, -0.05) is 42.9 Å². The van der Waals surface area contributed by atoms with Crippen molar-refractivity contribution in [3.8, 4) is 0 Å². The molecular weight excluding hydrogens is 264 g/mol. The zero-order valence-corrected chi connectivity index (χ0v) is 12.2. The van der Waals surface area contributed by atoms with Gasteiger partial charge in [-0.2, -0.15) is 0 Å². The summed E-state index contributed by atoms with van der Waals surface area (Å²) in [6.45, 7) is 4.35. The first kappa shape index (κ1) is 13.8. The van der Waals surface area contributed by atoms with Crippen molar-refractivity contribution < 1.29 is 0 Å². The number of hydrogen-bond acceptors (Lipinski definition) is 2. The third-order valence-electron chi connectivity index (χ3n) is 3.68. The fourth-order valence-electron chi connectivity index (χ4n) is 2.61. The van der Waals surface area contributed by atoms with E-state index in [-0.39, 0.29) is 0 Å². The maximum Gasteiger partial charge on any atom is 0.104 e. The molecule has 1 unspecified atom stereocenters. The predicted molar refractivity (Wildman–Crippen MR) is 81.1 cm³/mol. The number of likely N-dealkylation sites (tertiary alicyclic amines) is 1. The van der Waals surface area contributed by atoms with Gasteiger partial charge in [0.1, 0.15) is 4.99 Å². The summed E-state index contributed by atoms with van der Waals surface area (Å²) in [6, 6.07) is 6.58. The predicted octanol–water partition coefficient (Wildman–Crippen LogP) is 3.35. The lowest BCUT2D eigenvalue weighted by molar-refractivity contribution is 0.240. The fourth-order valence-corrected chi connectivity index (χ4v) is 2.98. The lowest BCUT2D eigenvalue weighted by Crippen LogP contribution is -2.28. The summed E-state index contributed by atoms with van der Waals surface area (Å²) in [4.78, 5) is 2.91. The average Bonchev–Trinajstić information content (AvgIpc) is 2.78. The van der Waals surface area contributed by atoms with Crippen molar-refractivity contribution in [2.45, 2.75) is 38.8 Å². The summed E-state index contributed by atoms with van der Waals surface area (Å²) < 4.78 is 0. The average molecular weight is 283 g/mol. The van der Waals surface area contributed by atoms with Crippen molar-refractivity contribution in [2.75, 3.05) is 6.54 Å². The molecule has 1 saturated heterocycles. The van der Waals surface area contributed by atoms with E-state index in [0.29, 0.717) is 11.0 Å². The van der Waals surface area contributed by atoms with Crippen molar-refractivity contribution in [3.63, 3.8) is 0 Å². The monoisotopic (exact) mass is 282 g/mol. The Balaban J connectivity index is 2.12. The Morgan fingerprint density at radius 1 is 1.56 bits per heavy atom. The van der Waals surface area contributed by atoms with Crippen molar-refractivity contribution in [2.24, 2.45) is 5.73 Å². The van der Waals surface area contributed by atoms with E-state index in [1.165, 1.54) is 25.8 Å². The van der Waals surface area contributed by atoms with Crippen LogP contribution >= 0.6 is 23.8 Å². The molecule has 2 rings (SSSR count). The topological polar surface area (TPSA) is 29.3 Å². The smallest absolute Gasteiger partial charge is 0.104 e. The SMILES string of the molecule is CCC1CCCN1Cc1ccc(C(N)=S)cc1Cl. The van der Waals surface area contributed by atoms with Gasteiger partial charge in [0.15, 0.2) is 0 Å². The molecule has 0 radical (unpaired) electrons. The number of benzene rings is 1. The molecule has 2 N–H and O–H groups in total. The molecule has 4 heteroatoms. The van der Waals surface area contributed by atoms with Gasteiger partial charge < -0.3 is 5.73 Å². The van der Waals surface area contributed by atoms with E-state index >= 15 is 0 Å². The number of rotatable bonds is 4. The molecule has 1 aliphatic rings. The molecule has 1 fully saturated rings. The van der Waals surface area contributed by atoms with Crippen LogP contribution in [0.15, 0.2) is 18.2 Å². The normalized spacial score (nSPS) is 20.2. The minimum atomic E-state index is 0.399. The standard InChI is InChI=1S/C14H19ClN2S/c1-2-12-4-3-7-17(12)9-11-6-5-10(14(16)18)8-13(11)15/h5-6,8,12H,2-4,7,9H2,1H3,(H2,16,18). The Labute approximate surface area is 119 Å². The first-order valence-corrected chi connectivity index (χ1v) is 7.22. The highest BCUT2D eigenvalue weighted by Crippen LogP contribution is 2.25. The highest BCUT2D eigenvalue weighted by molar-refractivity contribution is 7.80. The van der Waals surface area contributed by atoms with Crippen LogP contribution in [0.3, 0.4) is 0 Å². The van der Waals surface area contributed by atoms with Gasteiger partial charge in [-0.15, -0.1) is 0 Å². The Morgan fingerprint density at radius 3 is 2.94 bits per heavy atom. The third kappa shape index (κ3) is 3.02. The van der Waals surface area contributed by atoms with E-state index in [9.17, 15) is 0 Å². The van der Waals surface area contributed by atoms with E-state index in [1.54, 1.807) is 0 Å². The van der Waals surface area contributed by atoms with E-state index in [4.69, 9.17) is 29.6 Å². The minimum absolute atomic E-state index is 0.399. The number of hydrogen-bond donors (Lipinski definition) is 1. The lowest BCUT2D eigenvalue weighted by atomic mass is 10.1. The fraction of sp³-hybridized carbons (Fsp3) is 0.500. The zero-order valence-electron chi connectivity index (χ0n) is 10.7. The second-order valence-electron chi connectivity index (χ2n) is 4.85. The lowest BCUT2D eigenvalue weighted by Gasteiger charge is -2.23. The molecule has 1 atom stereocenters. The van der Waals surface area contributed by atoms with Crippen LogP contribution in [0.25, 0.3) is 0 Å².